The molecular formula is C13H15N3O4S. The molecule has 0 bridgehead atoms. The number of H-pyrrole nitrogens is 1. The molecule has 0 saturated carbocycles. The van der Waals surface area contributed by atoms with Gasteiger partial charge in [0.1, 0.15) is 15.5 Å². The molecule has 0 unspecified atom stereocenters. The van der Waals surface area contributed by atoms with Gasteiger partial charge in [-0.2, -0.15) is 0 Å². The molecule has 0 aliphatic carbocycles. The number of likely N-dealkylation sites (N-methyl/N-ethyl adjacent to an activating group) is 1. The Kier molecular flexibility index (Phi) is 4.08. The van der Waals surface area contributed by atoms with E-state index in [1.54, 1.807) is 27.9 Å². The van der Waals surface area contributed by atoms with Crippen LogP contribution in [0.15, 0.2) is 4.79 Å². The first kappa shape index (κ1) is 15.2. The lowest BCUT2D eigenvalue weighted by Crippen LogP contribution is -2.27. The summed E-state index contributed by atoms with van der Waals surface area (Å²) in [5.74, 6) is -0.451. The number of carbonyl (C=O) groups is 2. The summed E-state index contributed by atoms with van der Waals surface area (Å²) in [6.45, 7) is 3.00. The summed E-state index contributed by atoms with van der Waals surface area (Å²) >= 11 is 1.09. The van der Waals surface area contributed by atoms with E-state index >= 15 is 0 Å². The van der Waals surface area contributed by atoms with Crippen LogP contribution < -0.4 is 5.56 Å². The molecule has 2 heterocycles. The van der Waals surface area contributed by atoms with Gasteiger partial charge in [0.2, 0.25) is 0 Å². The minimum absolute atomic E-state index is 0.283. The van der Waals surface area contributed by atoms with Crippen LogP contribution in [0.1, 0.15) is 21.1 Å². The van der Waals surface area contributed by atoms with Gasteiger partial charge in [0.05, 0.1) is 5.39 Å². The standard InChI is InChI=1S/C13H15N3O4S/c1-6-9-11(18)14-7(2)15-12(9)21-10(6)13(19)20-5-8(17)16(3)4/h5H2,1-4H3,(H,14,15,18). The van der Waals surface area contributed by atoms with Gasteiger partial charge in [0.15, 0.2) is 6.61 Å². The van der Waals surface area contributed by atoms with E-state index in [9.17, 15) is 14.4 Å². The molecule has 0 saturated heterocycles. The zero-order chi connectivity index (χ0) is 15.7. The number of aromatic nitrogens is 2. The molecule has 2 aromatic heterocycles. The van der Waals surface area contributed by atoms with Gasteiger partial charge in [-0.1, -0.05) is 0 Å². The third-order valence-corrected chi connectivity index (χ3v) is 4.10. The molecule has 1 N–H and O–H groups in total. The van der Waals surface area contributed by atoms with Gasteiger partial charge in [0, 0.05) is 14.1 Å². The van der Waals surface area contributed by atoms with Gasteiger partial charge >= 0.3 is 5.97 Å². The fourth-order valence-corrected chi connectivity index (χ4v) is 2.89. The van der Waals surface area contributed by atoms with Crippen LogP contribution in [-0.2, 0) is 9.53 Å². The number of carbonyl (C=O) groups excluding carboxylic acids is 2. The second-order valence-electron chi connectivity index (χ2n) is 4.75. The Bertz CT molecular complexity index is 776. The van der Waals surface area contributed by atoms with Crippen molar-refractivity contribution in [3.05, 3.63) is 26.6 Å². The number of hydrogen-bond donors (Lipinski definition) is 1. The Balaban J connectivity index is 2.32. The average Bonchev–Trinajstić information content (AvgIpc) is 2.72. The van der Waals surface area contributed by atoms with Gasteiger partial charge in [0.25, 0.3) is 11.5 Å². The van der Waals surface area contributed by atoms with Crippen molar-refractivity contribution in [2.24, 2.45) is 0 Å². The average molecular weight is 309 g/mol. The molecule has 21 heavy (non-hydrogen) atoms. The van der Waals surface area contributed by atoms with Crippen molar-refractivity contribution in [2.75, 3.05) is 20.7 Å². The van der Waals surface area contributed by atoms with Crippen LogP contribution in [0, 0.1) is 13.8 Å². The fourth-order valence-electron chi connectivity index (χ4n) is 1.77. The molecule has 8 heteroatoms. The predicted molar refractivity (Wildman–Crippen MR) is 78.7 cm³/mol. The van der Waals surface area contributed by atoms with Gasteiger partial charge in [-0.25, -0.2) is 9.78 Å². The highest BCUT2D eigenvalue weighted by molar-refractivity contribution is 7.20. The van der Waals surface area contributed by atoms with E-state index in [0.717, 1.165) is 11.3 Å². The van der Waals surface area contributed by atoms with Crippen molar-refractivity contribution in [2.45, 2.75) is 13.8 Å². The monoisotopic (exact) mass is 309 g/mol. The molecule has 0 aromatic carbocycles. The van der Waals surface area contributed by atoms with Crippen molar-refractivity contribution < 1.29 is 14.3 Å². The lowest BCUT2D eigenvalue weighted by Gasteiger charge is -2.09. The first-order valence-corrected chi connectivity index (χ1v) is 7.00. The van der Waals surface area contributed by atoms with Crippen LogP contribution in [0.4, 0.5) is 0 Å². The summed E-state index contributed by atoms with van der Waals surface area (Å²) < 4.78 is 4.97. The molecule has 0 aliphatic rings. The summed E-state index contributed by atoms with van der Waals surface area (Å²) in [6, 6.07) is 0. The van der Waals surface area contributed by atoms with Crippen LogP contribution >= 0.6 is 11.3 Å². The highest BCUT2D eigenvalue weighted by atomic mass is 32.1. The van der Waals surface area contributed by atoms with Crippen molar-refractivity contribution in [1.82, 2.24) is 14.9 Å². The van der Waals surface area contributed by atoms with Gasteiger partial charge in [-0.05, 0) is 19.4 Å². The third kappa shape index (κ3) is 2.94. The van der Waals surface area contributed by atoms with Crippen LogP contribution in [0.2, 0.25) is 0 Å². The van der Waals surface area contributed by atoms with Crippen molar-refractivity contribution in [3.8, 4) is 0 Å². The van der Waals surface area contributed by atoms with E-state index in [-0.39, 0.29) is 18.1 Å². The van der Waals surface area contributed by atoms with Crippen molar-refractivity contribution >= 4 is 33.4 Å². The smallest absolute Gasteiger partial charge is 0.349 e. The SMILES string of the molecule is Cc1nc2sc(C(=O)OCC(=O)N(C)C)c(C)c2c(=O)[nH]1. The van der Waals surface area contributed by atoms with E-state index in [2.05, 4.69) is 9.97 Å². The number of hydrogen-bond acceptors (Lipinski definition) is 6. The topological polar surface area (TPSA) is 92.4 Å². The maximum absolute atomic E-state index is 12.0. The Labute approximate surface area is 124 Å². The number of esters is 1. The normalized spacial score (nSPS) is 10.7. The first-order valence-electron chi connectivity index (χ1n) is 6.18. The third-order valence-electron chi connectivity index (χ3n) is 2.93. The number of ether oxygens (including phenoxy) is 1. The van der Waals surface area contributed by atoms with E-state index in [4.69, 9.17) is 4.74 Å². The molecule has 2 aromatic rings. The molecular weight excluding hydrogens is 294 g/mol. The summed E-state index contributed by atoms with van der Waals surface area (Å²) in [6.07, 6.45) is 0. The van der Waals surface area contributed by atoms with E-state index in [0.29, 0.717) is 26.5 Å². The molecule has 2 rings (SSSR count). The maximum Gasteiger partial charge on any atom is 0.349 e. The number of fused-ring (bicyclic) bond motifs is 1. The minimum Gasteiger partial charge on any atom is -0.451 e. The van der Waals surface area contributed by atoms with Gasteiger partial charge < -0.3 is 14.6 Å². The van der Waals surface area contributed by atoms with Gasteiger partial charge in [-0.15, -0.1) is 11.3 Å². The van der Waals surface area contributed by atoms with Gasteiger partial charge in [-0.3, -0.25) is 9.59 Å². The molecule has 112 valence electrons. The molecule has 0 spiro atoms. The summed E-state index contributed by atoms with van der Waals surface area (Å²) in [7, 11) is 3.15. The summed E-state index contributed by atoms with van der Waals surface area (Å²) in [5, 5.41) is 0.386. The lowest BCUT2D eigenvalue weighted by atomic mass is 10.2. The Hall–Kier alpha value is -2.22. The maximum atomic E-state index is 12.0. The first-order chi connectivity index (χ1) is 9.81. The highest BCUT2D eigenvalue weighted by Gasteiger charge is 2.21. The summed E-state index contributed by atoms with van der Waals surface area (Å²) in [4.78, 5) is 44.3. The molecule has 1 amide bonds. The van der Waals surface area contributed by atoms with E-state index in [1.165, 1.54) is 4.90 Å². The van der Waals surface area contributed by atoms with E-state index < -0.39 is 5.97 Å². The molecule has 7 nitrogen and oxygen atoms in total. The number of amides is 1. The number of aromatic amines is 1. The highest BCUT2D eigenvalue weighted by Crippen LogP contribution is 2.27. The molecule has 0 aliphatic heterocycles. The van der Waals surface area contributed by atoms with Crippen LogP contribution in [0.25, 0.3) is 10.2 Å². The number of nitrogens with zero attached hydrogens (tertiary/aromatic N) is 2. The fraction of sp³-hybridized carbons (Fsp3) is 0.385. The number of aryl methyl sites for hydroxylation is 2. The number of nitrogens with one attached hydrogen (secondary N) is 1. The zero-order valence-corrected chi connectivity index (χ0v) is 13.0. The van der Waals surface area contributed by atoms with Crippen molar-refractivity contribution in [3.63, 3.8) is 0 Å². The van der Waals surface area contributed by atoms with E-state index in [1.807, 2.05) is 0 Å². The van der Waals surface area contributed by atoms with Crippen LogP contribution in [0.5, 0.6) is 0 Å². The predicted octanol–water partition coefficient (Wildman–Crippen LogP) is 0.846. The molecule has 0 fully saturated rings. The zero-order valence-electron chi connectivity index (χ0n) is 12.1. The summed E-state index contributed by atoms with van der Waals surface area (Å²) in [5.41, 5.74) is 0.237. The number of rotatable bonds is 3. The quantitative estimate of drug-likeness (QED) is 0.848. The Morgan fingerprint density at radius 2 is 2.00 bits per heavy atom. The largest absolute Gasteiger partial charge is 0.451 e. The Morgan fingerprint density at radius 3 is 2.62 bits per heavy atom. The van der Waals surface area contributed by atoms with Crippen LogP contribution in [-0.4, -0.2) is 47.4 Å². The lowest BCUT2D eigenvalue weighted by molar-refractivity contribution is -0.131. The van der Waals surface area contributed by atoms with Crippen molar-refractivity contribution in [1.29, 1.82) is 0 Å². The second kappa shape index (κ2) is 5.65. The minimum atomic E-state index is -0.622. The molecule has 0 atom stereocenters. The number of thiophene rings is 1. The second-order valence-corrected chi connectivity index (χ2v) is 5.75. The molecule has 0 radical (unpaired) electrons. The van der Waals surface area contributed by atoms with Crippen LogP contribution in [0.3, 0.4) is 0 Å². The Morgan fingerprint density at radius 1 is 1.33 bits per heavy atom.